The third-order valence-electron chi connectivity index (χ3n) is 0.596. The highest BCUT2D eigenvalue weighted by Gasteiger charge is 2.08. The molecule has 0 saturated heterocycles. The number of ether oxygens (including phenoxy) is 1. The minimum Gasteiger partial charge on any atom is -0.502 e. The van der Waals surface area contributed by atoms with Crippen LogP contribution in [0.25, 0.3) is 0 Å². The summed E-state index contributed by atoms with van der Waals surface area (Å²) in [6.07, 6.45) is 0.806. The fourth-order valence-corrected chi connectivity index (χ4v) is 0.192. The number of carbonyl (C=O) groups excluding carboxylic acids is 2. The molecule has 0 aromatic rings. The first-order chi connectivity index (χ1) is 4.57. The van der Waals surface area contributed by atoms with E-state index in [0.717, 1.165) is 6.08 Å². The number of hydrogen-bond donors (Lipinski definition) is 1. The third-order valence-corrected chi connectivity index (χ3v) is 0.596. The normalized spacial score (nSPS) is 8.00. The number of aliphatic hydroxyl groups excluding tert-OH is 1. The Kier molecular flexibility index (Phi) is 2.90. The molecule has 54 valence electrons. The van der Waals surface area contributed by atoms with E-state index in [0.29, 0.717) is 0 Å². The molecule has 0 aromatic heterocycles. The van der Waals surface area contributed by atoms with Crippen LogP contribution in [-0.2, 0) is 14.3 Å². The first kappa shape index (κ1) is 8.42. The Morgan fingerprint density at radius 3 is 2.30 bits per heavy atom. The molecule has 0 aromatic carbocycles. The summed E-state index contributed by atoms with van der Waals surface area (Å²) in [5.41, 5.74) is 0. The Bertz CT molecular complexity index is 192. The number of carbonyl (C=O) groups is 2. The smallest absolute Gasteiger partial charge is 0.380 e. The Labute approximate surface area is 57.4 Å². The summed E-state index contributed by atoms with van der Waals surface area (Å²) in [4.78, 5) is 20.5. The van der Waals surface area contributed by atoms with Crippen LogP contribution >= 0.6 is 0 Å². The standard InChI is InChI=1S/C6H6O4/c1-3-5(8)10-6(9)4(2)7/h3,7H,1-2H2. The van der Waals surface area contributed by atoms with Crippen molar-refractivity contribution < 1.29 is 19.4 Å². The van der Waals surface area contributed by atoms with Gasteiger partial charge in [-0.25, -0.2) is 9.59 Å². The molecular weight excluding hydrogens is 136 g/mol. The van der Waals surface area contributed by atoms with Crippen molar-refractivity contribution in [3.05, 3.63) is 25.0 Å². The second-order valence-corrected chi connectivity index (χ2v) is 1.36. The van der Waals surface area contributed by atoms with Crippen molar-refractivity contribution in [2.24, 2.45) is 0 Å². The van der Waals surface area contributed by atoms with E-state index in [9.17, 15) is 9.59 Å². The highest BCUT2D eigenvalue weighted by molar-refractivity contribution is 5.97. The lowest BCUT2D eigenvalue weighted by molar-refractivity contribution is -0.155. The van der Waals surface area contributed by atoms with Crippen LogP contribution in [0, 0.1) is 0 Å². The molecule has 0 fully saturated rings. The fourth-order valence-electron chi connectivity index (χ4n) is 0.192. The zero-order valence-electron chi connectivity index (χ0n) is 5.16. The van der Waals surface area contributed by atoms with Crippen LogP contribution in [0.1, 0.15) is 0 Å². The van der Waals surface area contributed by atoms with Gasteiger partial charge in [-0.3, -0.25) is 0 Å². The van der Waals surface area contributed by atoms with Gasteiger partial charge in [-0.05, 0) is 6.58 Å². The van der Waals surface area contributed by atoms with Gasteiger partial charge in [0.1, 0.15) is 0 Å². The van der Waals surface area contributed by atoms with Gasteiger partial charge in [0, 0.05) is 6.08 Å². The predicted octanol–water partition coefficient (Wildman–Crippen LogP) is 0.314. The monoisotopic (exact) mass is 142 g/mol. The molecule has 0 heterocycles. The number of esters is 2. The molecule has 4 heteroatoms. The zero-order valence-corrected chi connectivity index (χ0v) is 5.16. The van der Waals surface area contributed by atoms with Crippen LogP contribution in [-0.4, -0.2) is 17.0 Å². The molecule has 0 amide bonds. The van der Waals surface area contributed by atoms with Crippen LogP contribution in [0.5, 0.6) is 0 Å². The number of hydrogen-bond acceptors (Lipinski definition) is 4. The molecule has 0 spiro atoms. The van der Waals surface area contributed by atoms with E-state index in [2.05, 4.69) is 17.9 Å². The lowest BCUT2D eigenvalue weighted by atomic mass is 10.6. The third kappa shape index (κ3) is 2.66. The van der Waals surface area contributed by atoms with Gasteiger partial charge < -0.3 is 9.84 Å². The summed E-state index contributed by atoms with van der Waals surface area (Å²) in [6.45, 7) is 5.87. The summed E-state index contributed by atoms with van der Waals surface area (Å²) in [7, 11) is 0. The van der Waals surface area contributed by atoms with E-state index in [1.807, 2.05) is 0 Å². The highest BCUT2D eigenvalue weighted by atomic mass is 16.6. The first-order valence-corrected chi connectivity index (χ1v) is 2.34. The number of rotatable bonds is 2. The van der Waals surface area contributed by atoms with E-state index in [1.165, 1.54) is 0 Å². The Morgan fingerprint density at radius 1 is 1.50 bits per heavy atom. The van der Waals surface area contributed by atoms with Crippen molar-refractivity contribution in [2.45, 2.75) is 0 Å². The van der Waals surface area contributed by atoms with E-state index >= 15 is 0 Å². The lowest BCUT2D eigenvalue weighted by Crippen LogP contribution is -2.10. The second kappa shape index (κ2) is 3.45. The van der Waals surface area contributed by atoms with E-state index in [4.69, 9.17) is 5.11 Å². The first-order valence-electron chi connectivity index (χ1n) is 2.34. The van der Waals surface area contributed by atoms with Gasteiger partial charge in [0.05, 0.1) is 0 Å². The topological polar surface area (TPSA) is 63.6 Å². The van der Waals surface area contributed by atoms with E-state index in [1.54, 1.807) is 0 Å². The maximum absolute atomic E-state index is 10.3. The van der Waals surface area contributed by atoms with Crippen LogP contribution in [0.15, 0.2) is 25.0 Å². The maximum atomic E-state index is 10.3. The van der Waals surface area contributed by atoms with Gasteiger partial charge in [0.15, 0.2) is 5.76 Å². The quantitative estimate of drug-likeness (QED) is 0.261. The molecule has 0 rings (SSSR count). The van der Waals surface area contributed by atoms with E-state index < -0.39 is 17.7 Å². The summed E-state index contributed by atoms with van der Waals surface area (Å²) in [5, 5.41) is 8.31. The molecule has 0 unspecified atom stereocenters. The van der Waals surface area contributed by atoms with Crippen LogP contribution < -0.4 is 0 Å². The largest absolute Gasteiger partial charge is 0.502 e. The Morgan fingerprint density at radius 2 is 2.00 bits per heavy atom. The fraction of sp³-hybridized carbons (Fsp3) is 0. The summed E-state index contributed by atoms with van der Waals surface area (Å²) < 4.78 is 3.92. The van der Waals surface area contributed by atoms with Gasteiger partial charge >= 0.3 is 11.9 Å². The molecular formula is C6H6O4. The van der Waals surface area contributed by atoms with Gasteiger partial charge in [0.25, 0.3) is 0 Å². The summed E-state index contributed by atoms with van der Waals surface area (Å²) in [5.74, 6) is -2.89. The zero-order chi connectivity index (χ0) is 8.15. The molecule has 0 bridgehead atoms. The van der Waals surface area contributed by atoms with Gasteiger partial charge in [0.2, 0.25) is 0 Å². The van der Waals surface area contributed by atoms with Crippen molar-refractivity contribution in [1.29, 1.82) is 0 Å². The number of aliphatic hydroxyl groups is 1. The second-order valence-electron chi connectivity index (χ2n) is 1.36. The average molecular weight is 142 g/mol. The van der Waals surface area contributed by atoms with Crippen molar-refractivity contribution in [3.63, 3.8) is 0 Å². The minimum atomic E-state index is -1.16. The highest BCUT2D eigenvalue weighted by Crippen LogP contribution is 1.89. The van der Waals surface area contributed by atoms with Crippen LogP contribution in [0.3, 0.4) is 0 Å². The molecule has 0 aliphatic heterocycles. The molecule has 0 radical (unpaired) electrons. The molecule has 0 atom stereocenters. The van der Waals surface area contributed by atoms with Gasteiger partial charge in [-0.1, -0.05) is 6.58 Å². The molecule has 4 nitrogen and oxygen atoms in total. The lowest BCUT2D eigenvalue weighted by Gasteiger charge is -1.94. The van der Waals surface area contributed by atoms with Crippen LogP contribution in [0.2, 0.25) is 0 Å². The molecule has 1 N–H and O–H groups in total. The van der Waals surface area contributed by atoms with Crippen molar-refractivity contribution in [2.75, 3.05) is 0 Å². The molecule has 0 saturated carbocycles. The van der Waals surface area contributed by atoms with Gasteiger partial charge in [-0.2, -0.15) is 0 Å². The minimum absolute atomic E-state index is 0.806. The predicted molar refractivity (Wildman–Crippen MR) is 33.1 cm³/mol. The average Bonchev–Trinajstić information content (AvgIpc) is 1.87. The van der Waals surface area contributed by atoms with E-state index in [-0.39, 0.29) is 0 Å². The SMILES string of the molecule is C=CC(=O)OC(=O)C(=C)O. The maximum Gasteiger partial charge on any atom is 0.380 e. The molecule has 0 aliphatic rings. The summed E-state index contributed by atoms with van der Waals surface area (Å²) >= 11 is 0. The van der Waals surface area contributed by atoms with Crippen molar-refractivity contribution in [1.82, 2.24) is 0 Å². The van der Waals surface area contributed by atoms with Gasteiger partial charge in [-0.15, -0.1) is 0 Å². The Hall–Kier alpha value is -1.58. The molecule has 0 aliphatic carbocycles. The van der Waals surface area contributed by atoms with Crippen molar-refractivity contribution in [3.8, 4) is 0 Å². The Balaban J connectivity index is 3.92. The van der Waals surface area contributed by atoms with Crippen molar-refractivity contribution >= 4 is 11.9 Å². The molecule has 10 heavy (non-hydrogen) atoms. The van der Waals surface area contributed by atoms with Crippen LogP contribution in [0.4, 0.5) is 0 Å². The summed E-state index contributed by atoms with van der Waals surface area (Å²) in [6, 6.07) is 0.